The third-order valence-corrected chi connectivity index (χ3v) is 2.98. The smallest absolute Gasteiger partial charge is 0.181 e. The van der Waals surface area contributed by atoms with Gasteiger partial charge in [0, 0.05) is 17.8 Å². The second-order valence-electron chi connectivity index (χ2n) is 4.25. The third kappa shape index (κ3) is 1.77. The van der Waals surface area contributed by atoms with Crippen LogP contribution in [0.5, 0.6) is 0 Å². The quantitative estimate of drug-likeness (QED) is 0.768. The van der Waals surface area contributed by atoms with E-state index in [2.05, 4.69) is 10.1 Å². The van der Waals surface area contributed by atoms with Crippen molar-refractivity contribution in [2.24, 2.45) is 0 Å². The zero-order valence-electron chi connectivity index (χ0n) is 9.31. The van der Waals surface area contributed by atoms with E-state index >= 15 is 0 Å². The molecule has 2 aromatic rings. The molecule has 0 aliphatic carbocycles. The predicted molar refractivity (Wildman–Crippen MR) is 63.0 cm³/mol. The van der Waals surface area contributed by atoms with Crippen LogP contribution in [-0.4, -0.2) is 14.8 Å². The summed E-state index contributed by atoms with van der Waals surface area (Å²) in [5, 5.41) is 4.33. The van der Waals surface area contributed by atoms with Gasteiger partial charge in [0.05, 0.1) is 0 Å². The molecule has 3 rings (SSSR count). The molecule has 0 saturated carbocycles. The molecule has 0 fully saturated rings. The van der Waals surface area contributed by atoms with E-state index in [0.717, 1.165) is 18.5 Å². The summed E-state index contributed by atoms with van der Waals surface area (Å²) in [5.41, 5.74) is 7.18. The summed E-state index contributed by atoms with van der Waals surface area (Å²) >= 11 is 0. The Bertz CT molecular complexity index is 532. The number of benzene rings is 1. The van der Waals surface area contributed by atoms with Crippen LogP contribution in [0, 0.1) is 0 Å². The van der Waals surface area contributed by atoms with Gasteiger partial charge in [0.2, 0.25) is 0 Å². The molecule has 1 aliphatic heterocycles. The Morgan fingerprint density at radius 1 is 1.29 bits per heavy atom. The molecule has 5 heteroatoms. The number of alkyl halides is 1. The van der Waals surface area contributed by atoms with Gasteiger partial charge in [-0.2, -0.15) is 5.10 Å². The van der Waals surface area contributed by atoms with Crippen LogP contribution in [0.2, 0.25) is 0 Å². The summed E-state index contributed by atoms with van der Waals surface area (Å²) in [5.74, 6) is 1.02. The maximum atomic E-state index is 13.6. The van der Waals surface area contributed by atoms with Crippen LogP contribution in [-0.2, 0) is 6.54 Å². The van der Waals surface area contributed by atoms with Gasteiger partial charge in [0.25, 0.3) is 0 Å². The van der Waals surface area contributed by atoms with Crippen LogP contribution in [0.15, 0.2) is 24.3 Å². The summed E-state index contributed by atoms with van der Waals surface area (Å²) < 4.78 is 15.3. The van der Waals surface area contributed by atoms with E-state index in [1.54, 1.807) is 16.8 Å². The maximum absolute atomic E-state index is 13.6. The molecule has 1 aromatic heterocycles. The standard InChI is InChI=1S/C12H13FN4/c13-10-2-1-7-17-12(10)15-11(16-17)8-3-5-9(14)6-4-8/h3-6,10H,1-2,7,14H2. The molecule has 1 unspecified atom stereocenters. The van der Waals surface area contributed by atoms with E-state index in [9.17, 15) is 4.39 Å². The Balaban J connectivity index is 2.02. The van der Waals surface area contributed by atoms with Gasteiger partial charge in [0.1, 0.15) is 0 Å². The largest absolute Gasteiger partial charge is 0.399 e. The molecule has 0 amide bonds. The Kier molecular flexibility index (Phi) is 2.31. The first-order valence-corrected chi connectivity index (χ1v) is 5.69. The minimum atomic E-state index is -0.987. The van der Waals surface area contributed by atoms with E-state index in [4.69, 9.17) is 5.73 Å². The lowest BCUT2D eigenvalue weighted by Crippen LogP contribution is -2.14. The zero-order chi connectivity index (χ0) is 11.8. The van der Waals surface area contributed by atoms with Gasteiger partial charge < -0.3 is 5.73 Å². The highest BCUT2D eigenvalue weighted by molar-refractivity contribution is 5.58. The highest BCUT2D eigenvalue weighted by atomic mass is 19.1. The molecule has 1 aliphatic rings. The van der Waals surface area contributed by atoms with Gasteiger partial charge in [0.15, 0.2) is 17.8 Å². The zero-order valence-corrected chi connectivity index (χ0v) is 9.31. The average Bonchev–Trinajstić information content (AvgIpc) is 2.75. The van der Waals surface area contributed by atoms with Crippen LogP contribution in [0.1, 0.15) is 24.8 Å². The normalized spacial score (nSPS) is 19.0. The van der Waals surface area contributed by atoms with Crippen molar-refractivity contribution in [1.82, 2.24) is 14.8 Å². The highest BCUT2D eigenvalue weighted by Gasteiger charge is 2.23. The third-order valence-electron chi connectivity index (χ3n) is 2.98. The molecular weight excluding hydrogens is 219 g/mol. The van der Waals surface area contributed by atoms with E-state index in [0.29, 0.717) is 23.8 Å². The minimum Gasteiger partial charge on any atom is -0.399 e. The van der Waals surface area contributed by atoms with Crippen molar-refractivity contribution in [3.8, 4) is 11.4 Å². The lowest BCUT2D eigenvalue weighted by atomic mass is 10.1. The summed E-state index contributed by atoms with van der Waals surface area (Å²) in [7, 11) is 0. The van der Waals surface area contributed by atoms with Crippen LogP contribution < -0.4 is 5.73 Å². The van der Waals surface area contributed by atoms with Gasteiger partial charge in [-0.05, 0) is 37.1 Å². The van der Waals surface area contributed by atoms with Crippen LogP contribution in [0.4, 0.5) is 10.1 Å². The van der Waals surface area contributed by atoms with E-state index in [1.807, 2.05) is 12.1 Å². The molecule has 2 heterocycles. The summed E-state index contributed by atoms with van der Waals surface area (Å²) in [6, 6.07) is 7.29. The predicted octanol–water partition coefficient (Wildman–Crippen LogP) is 2.33. The van der Waals surface area contributed by atoms with Gasteiger partial charge in [-0.3, -0.25) is 0 Å². The first-order chi connectivity index (χ1) is 8.24. The van der Waals surface area contributed by atoms with E-state index in [1.165, 1.54) is 0 Å². The molecule has 0 saturated heterocycles. The molecule has 0 bridgehead atoms. The fourth-order valence-electron chi connectivity index (χ4n) is 2.05. The van der Waals surface area contributed by atoms with Crippen molar-refractivity contribution in [2.75, 3.05) is 5.73 Å². The SMILES string of the molecule is Nc1ccc(-c2nc3n(n2)CCCC3F)cc1. The average molecular weight is 232 g/mol. The van der Waals surface area contributed by atoms with Crippen molar-refractivity contribution in [3.63, 3.8) is 0 Å². The van der Waals surface area contributed by atoms with Gasteiger partial charge >= 0.3 is 0 Å². The van der Waals surface area contributed by atoms with Crippen LogP contribution in [0.3, 0.4) is 0 Å². The van der Waals surface area contributed by atoms with Crippen molar-refractivity contribution >= 4 is 5.69 Å². The van der Waals surface area contributed by atoms with Crippen molar-refractivity contribution in [1.29, 1.82) is 0 Å². The number of aryl methyl sites for hydroxylation is 1. The molecule has 1 aromatic carbocycles. The molecule has 0 spiro atoms. The number of rotatable bonds is 1. The van der Waals surface area contributed by atoms with Gasteiger partial charge in [-0.1, -0.05) is 0 Å². The minimum absolute atomic E-state index is 0.447. The van der Waals surface area contributed by atoms with Crippen LogP contribution >= 0.6 is 0 Å². The first kappa shape index (κ1) is 10.3. The number of nitrogen functional groups attached to an aromatic ring is 1. The fourth-order valence-corrected chi connectivity index (χ4v) is 2.05. The van der Waals surface area contributed by atoms with Crippen molar-refractivity contribution in [2.45, 2.75) is 25.6 Å². The summed E-state index contributed by atoms with van der Waals surface area (Å²) in [6.45, 7) is 0.748. The lowest BCUT2D eigenvalue weighted by Gasteiger charge is -2.14. The van der Waals surface area contributed by atoms with E-state index < -0.39 is 6.17 Å². The molecular formula is C12H13FN4. The molecule has 4 nitrogen and oxygen atoms in total. The topological polar surface area (TPSA) is 56.7 Å². The number of hydrogen-bond acceptors (Lipinski definition) is 3. The molecule has 1 atom stereocenters. The number of nitrogens with two attached hydrogens (primary N) is 1. The Morgan fingerprint density at radius 2 is 2.06 bits per heavy atom. The number of hydrogen-bond donors (Lipinski definition) is 1. The highest BCUT2D eigenvalue weighted by Crippen LogP contribution is 2.28. The van der Waals surface area contributed by atoms with E-state index in [-0.39, 0.29) is 0 Å². The van der Waals surface area contributed by atoms with Crippen molar-refractivity contribution < 1.29 is 4.39 Å². The first-order valence-electron chi connectivity index (χ1n) is 5.69. The fraction of sp³-hybridized carbons (Fsp3) is 0.333. The number of aromatic nitrogens is 3. The Hall–Kier alpha value is -1.91. The maximum Gasteiger partial charge on any atom is 0.181 e. The monoisotopic (exact) mass is 232 g/mol. The Labute approximate surface area is 98.3 Å². The van der Waals surface area contributed by atoms with Crippen LogP contribution in [0.25, 0.3) is 11.4 Å². The lowest BCUT2D eigenvalue weighted by molar-refractivity contribution is 0.252. The number of anilines is 1. The molecule has 0 radical (unpaired) electrons. The number of halogens is 1. The van der Waals surface area contributed by atoms with Gasteiger partial charge in [-0.25, -0.2) is 14.1 Å². The summed E-state index contributed by atoms with van der Waals surface area (Å²) in [6.07, 6.45) is 0.372. The number of fused-ring (bicyclic) bond motifs is 1. The molecule has 2 N–H and O–H groups in total. The molecule has 88 valence electrons. The van der Waals surface area contributed by atoms with Crippen molar-refractivity contribution in [3.05, 3.63) is 30.1 Å². The summed E-state index contributed by atoms with van der Waals surface area (Å²) in [4.78, 5) is 4.27. The Morgan fingerprint density at radius 3 is 2.76 bits per heavy atom. The number of nitrogens with zero attached hydrogens (tertiary/aromatic N) is 3. The molecule has 17 heavy (non-hydrogen) atoms. The second-order valence-corrected chi connectivity index (χ2v) is 4.25. The second kappa shape index (κ2) is 3.84. The van der Waals surface area contributed by atoms with Gasteiger partial charge in [-0.15, -0.1) is 0 Å².